The third-order valence-corrected chi connectivity index (χ3v) is 4.57. The summed E-state index contributed by atoms with van der Waals surface area (Å²) in [6, 6.07) is 0. The molecule has 4 heteroatoms. The normalized spacial score (nSPS) is 20.0. The second-order valence-corrected chi connectivity index (χ2v) is 5.72. The fraction of sp³-hybridized carbons (Fsp3) is 0.750. The van der Waals surface area contributed by atoms with Crippen LogP contribution in [-0.4, -0.2) is 20.5 Å². The van der Waals surface area contributed by atoms with Gasteiger partial charge in [0.1, 0.15) is 0 Å². The van der Waals surface area contributed by atoms with Gasteiger partial charge in [-0.2, -0.15) is 5.10 Å². The first kappa shape index (κ1) is 12.1. The molecule has 0 aromatic carbocycles. The molecule has 3 nitrogen and oxygen atoms in total. The van der Waals surface area contributed by atoms with Gasteiger partial charge in [0.25, 0.3) is 0 Å². The smallest absolute Gasteiger partial charge is 0.0738 e. The van der Waals surface area contributed by atoms with Gasteiger partial charge in [0.05, 0.1) is 21.5 Å². The van der Waals surface area contributed by atoms with E-state index in [-0.39, 0.29) is 0 Å². The Hall–Kier alpha value is -0.350. The summed E-state index contributed by atoms with van der Waals surface area (Å²) in [5, 5.41) is 14.9. The van der Waals surface area contributed by atoms with E-state index < -0.39 is 5.60 Å². The van der Waals surface area contributed by atoms with Crippen LogP contribution in [0.3, 0.4) is 0 Å². The van der Waals surface area contributed by atoms with Crippen molar-refractivity contribution in [2.24, 2.45) is 7.05 Å². The molecular weight excluding hydrogens is 268 g/mol. The van der Waals surface area contributed by atoms with Crippen LogP contribution in [0.25, 0.3) is 0 Å². The lowest BCUT2D eigenvalue weighted by molar-refractivity contribution is 0.00279. The van der Waals surface area contributed by atoms with Gasteiger partial charge >= 0.3 is 0 Å². The van der Waals surface area contributed by atoms with Crippen LogP contribution in [-0.2, 0) is 13.5 Å². The predicted octanol–water partition coefficient (Wildman–Crippen LogP) is 2.73. The van der Waals surface area contributed by atoms with Crippen molar-refractivity contribution < 1.29 is 5.11 Å². The maximum Gasteiger partial charge on any atom is 0.0738 e. The summed E-state index contributed by atoms with van der Waals surface area (Å²) in [6.45, 7) is 1.98. The molecule has 1 fully saturated rings. The summed E-state index contributed by atoms with van der Waals surface area (Å²) < 4.78 is 2.93. The molecule has 1 N–H and O–H groups in total. The molecule has 0 bridgehead atoms. The number of hydrogen-bond acceptors (Lipinski definition) is 2. The Morgan fingerprint density at radius 1 is 1.38 bits per heavy atom. The quantitative estimate of drug-likeness (QED) is 0.908. The first-order valence-corrected chi connectivity index (χ1v) is 6.71. The monoisotopic (exact) mass is 286 g/mol. The lowest BCUT2D eigenvalue weighted by Gasteiger charge is -2.32. The molecule has 0 saturated heterocycles. The summed E-state index contributed by atoms with van der Waals surface area (Å²) in [5.41, 5.74) is 1.60. The van der Waals surface area contributed by atoms with E-state index in [4.69, 9.17) is 0 Å². The van der Waals surface area contributed by atoms with Crippen molar-refractivity contribution >= 4 is 15.9 Å². The molecule has 0 radical (unpaired) electrons. The van der Waals surface area contributed by atoms with Crippen molar-refractivity contribution in [2.45, 2.75) is 51.0 Å². The SMILES string of the molecule is Cc1nn(C)c(CC2(O)CCCCC2)c1Br. The fourth-order valence-electron chi connectivity index (χ4n) is 2.57. The van der Waals surface area contributed by atoms with E-state index in [1.54, 1.807) is 0 Å². The first-order chi connectivity index (χ1) is 7.52. The topological polar surface area (TPSA) is 38.0 Å². The highest BCUT2D eigenvalue weighted by Gasteiger charge is 2.31. The van der Waals surface area contributed by atoms with E-state index in [0.29, 0.717) is 6.42 Å². The van der Waals surface area contributed by atoms with Gasteiger partial charge < -0.3 is 5.11 Å². The molecule has 1 saturated carbocycles. The van der Waals surface area contributed by atoms with E-state index in [9.17, 15) is 5.11 Å². The van der Waals surface area contributed by atoms with E-state index >= 15 is 0 Å². The van der Waals surface area contributed by atoms with Crippen LogP contribution in [0.15, 0.2) is 4.47 Å². The number of nitrogens with zero attached hydrogens (tertiary/aromatic N) is 2. The zero-order chi connectivity index (χ0) is 11.8. The molecule has 0 atom stereocenters. The first-order valence-electron chi connectivity index (χ1n) is 5.92. The van der Waals surface area contributed by atoms with Gasteiger partial charge in [0.15, 0.2) is 0 Å². The minimum absolute atomic E-state index is 0.513. The lowest BCUT2D eigenvalue weighted by atomic mass is 9.81. The average molecular weight is 287 g/mol. The Labute approximate surface area is 105 Å². The summed E-state index contributed by atoms with van der Waals surface area (Å²) in [4.78, 5) is 0. The standard InChI is InChI=1S/C12H19BrN2O/c1-9-11(13)10(15(2)14-9)8-12(16)6-4-3-5-7-12/h16H,3-8H2,1-2H3. The molecule has 0 unspecified atom stereocenters. The molecule has 0 amide bonds. The van der Waals surface area contributed by atoms with Gasteiger partial charge in [-0.25, -0.2) is 0 Å². The van der Waals surface area contributed by atoms with Gasteiger partial charge in [-0.15, -0.1) is 0 Å². The number of halogens is 1. The zero-order valence-corrected chi connectivity index (χ0v) is 11.5. The minimum atomic E-state index is -0.513. The third kappa shape index (κ3) is 2.33. The number of hydrogen-bond donors (Lipinski definition) is 1. The van der Waals surface area contributed by atoms with Crippen LogP contribution in [0.1, 0.15) is 43.5 Å². The number of rotatable bonds is 2. The molecule has 1 heterocycles. The highest BCUT2D eigenvalue weighted by molar-refractivity contribution is 9.10. The van der Waals surface area contributed by atoms with Crippen molar-refractivity contribution in [1.29, 1.82) is 0 Å². The summed E-state index contributed by atoms with van der Waals surface area (Å²) in [6.07, 6.45) is 6.10. The Kier molecular flexibility index (Phi) is 3.40. The maximum absolute atomic E-state index is 10.5. The second-order valence-electron chi connectivity index (χ2n) is 4.93. The largest absolute Gasteiger partial charge is 0.389 e. The van der Waals surface area contributed by atoms with Crippen LogP contribution in [0.4, 0.5) is 0 Å². The molecule has 16 heavy (non-hydrogen) atoms. The van der Waals surface area contributed by atoms with Gasteiger partial charge in [0, 0.05) is 13.5 Å². The van der Waals surface area contributed by atoms with Crippen LogP contribution in [0, 0.1) is 6.92 Å². The molecule has 90 valence electrons. The van der Waals surface area contributed by atoms with Crippen LogP contribution >= 0.6 is 15.9 Å². The van der Waals surface area contributed by atoms with E-state index in [2.05, 4.69) is 21.0 Å². The van der Waals surface area contributed by atoms with Crippen molar-refractivity contribution in [3.8, 4) is 0 Å². The summed E-state index contributed by atoms with van der Waals surface area (Å²) in [5.74, 6) is 0. The third-order valence-electron chi connectivity index (χ3n) is 3.54. The molecular formula is C12H19BrN2O. The summed E-state index contributed by atoms with van der Waals surface area (Å²) >= 11 is 3.56. The lowest BCUT2D eigenvalue weighted by Crippen LogP contribution is -2.34. The number of aliphatic hydroxyl groups is 1. The van der Waals surface area contributed by atoms with Crippen LogP contribution in [0.5, 0.6) is 0 Å². The van der Waals surface area contributed by atoms with E-state index in [1.807, 2.05) is 18.7 Å². The number of aryl methyl sites for hydroxylation is 2. The van der Waals surface area contributed by atoms with Crippen LogP contribution < -0.4 is 0 Å². The average Bonchev–Trinajstić information content (AvgIpc) is 2.46. The Morgan fingerprint density at radius 2 is 2.00 bits per heavy atom. The van der Waals surface area contributed by atoms with E-state index in [1.165, 1.54) is 6.42 Å². The minimum Gasteiger partial charge on any atom is -0.389 e. The molecule has 1 aliphatic carbocycles. The molecule has 1 aromatic heterocycles. The van der Waals surface area contributed by atoms with Crippen molar-refractivity contribution in [3.05, 3.63) is 15.9 Å². The highest BCUT2D eigenvalue weighted by Crippen LogP contribution is 2.33. The predicted molar refractivity (Wildman–Crippen MR) is 67.4 cm³/mol. The molecule has 0 aliphatic heterocycles. The van der Waals surface area contributed by atoms with Crippen molar-refractivity contribution in [1.82, 2.24) is 9.78 Å². The fourth-order valence-corrected chi connectivity index (χ4v) is 3.05. The summed E-state index contributed by atoms with van der Waals surface area (Å²) in [7, 11) is 1.94. The zero-order valence-electron chi connectivity index (χ0n) is 9.96. The van der Waals surface area contributed by atoms with Crippen molar-refractivity contribution in [3.63, 3.8) is 0 Å². The maximum atomic E-state index is 10.5. The van der Waals surface area contributed by atoms with Gasteiger partial charge in [-0.3, -0.25) is 4.68 Å². The second kappa shape index (κ2) is 4.49. The van der Waals surface area contributed by atoms with Crippen LogP contribution in [0.2, 0.25) is 0 Å². The van der Waals surface area contributed by atoms with Gasteiger partial charge in [-0.05, 0) is 35.7 Å². The molecule has 1 aliphatic rings. The molecule has 1 aromatic rings. The molecule has 2 rings (SSSR count). The van der Waals surface area contributed by atoms with Gasteiger partial charge in [0.2, 0.25) is 0 Å². The molecule has 0 spiro atoms. The van der Waals surface area contributed by atoms with E-state index in [0.717, 1.165) is 41.5 Å². The Bertz CT molecular complexity index is 381. The highest BCUT2D eigenvalue weighted by atomic mass is 79.9. The Morgan fingerprint density at radius 3 is 2.50 bits per heavy atom. The number of aromatic nitrogens is 2. The van der Waals surface area contributed by atoms with Crippen molar-refractivity contribution in [2.75, 3.05) is 0 Å². The van der Waals surface area contributed by atoms with Gasteiger partial charge in [-0.1, -0.05) is 19.3 Å². The Balaban J connectivity index is 2.19.